The zero-order chi connectivity index (χ0) is 13.5. The predicted octanol–water partition coefficient (Wildman–Crippen LogP) is 1.23. The average molecular weight is 474 g/mol. The van der Waals surface area contributed by atoms with E-state index >= 15 is 0 Å². The molecule has 18 heavy (non-hydrogen) atoms. The Labute approximate surface area is 132 Å². The van der Waals surface area contributed by atoms with Crippen LogP contribution in [0.3, 0.4) is 0 Å². The summed E-state index contributed by atoms with van der Waals surface area (Å²) in [5, 5.41) is 2.52. The molecule has 2 N–H and O–H groups in total. The number of carbonyl (C=O) groups excluding carboxylic acids is 2. The minimum absolute atomic E-state index is 0.0896. The van der Waals surface area contributed by atoms with Gasteiger partial charge in [0.2, 0.25) is 5.91 Å². The first-order chi connectivity index (χ1) is 8.51. The SMILES string of the molecule is CONC(=O)CNC(=O)Cc1cc(I)cc(I)c1. The van der Waals surface area contributed by atoms with Crippen molar-refractivity contribution in [3.63, 3.8) is 0 Å². The van der Waals surface area contributed by atoms with Crippen molar-refractivity contribution in [2.75, 3.05) is 13.7 Å². The highest BCUT2D eigenvalue weighted by Gasteiger charge is 2.07. The fraction of sp³-hybridized carbons (Fsp3) is 0.273. The zero-order valence-corrected chi connectivity index (χ0v) is 13.9. The molecule has 0 bridgehead atoms. The van der Waals surface area contributed by atoms with Crippen molar-refractivity contribution >= 4 is 57.0 Å². The Hall–Kier alpha value is -0.420. The summed E-state index contributed by atoms with van der Waals surface area (Å²) in [6, 6.07) is 5.91. The summed E-state index contributed by atoms with van der Waals surface area (Å²) in [5.41, 5.74) is 3.05. The molecule has 7 heteroatoms. The second-order valence-electron chi connectivity index (χ2n) is 3.46. The van der Waals surface area contributed by atoms with Crippen LogP contribution in [0.25, 0.3) is 0 Å². The number of amides is 2. The summed E-state index contributed by atoms with van der Waals surface area (Å²) in [5.74, 6) is -0.581. The summed E-state index contributed by atoms with van der Waals surface area (Å²) in [7, 11) is 1.34. The van der Waals surface area contributed by atoms with Crippen LogP contribution in [0.15, 0.2) is 18.2 Å². The van der Waals surface area contributed by atoms with E-state index in [2.05, 4.69) is 60.8 Å². The van der Waals surface area contributed by atoms with E-state index in [1.54, 1.807) is 0 Å². The normalized spacial score (nSPS) is 9.94. The van der Waals surface area contributed by atoms with E-state index in [-0.39, 0.29) is 24.8 Å². The molecule has 0 aromatic heterocycles. The van der Waals surface area contributed by atoms with E-state index in [9.17, 15) is 9.59 Å². The van der Waals surface area contributed by atoms with Crippen molar-refractivity contribution in [3.05, 3.63) is 30.9 Å². The number of carbonyl (C=O) groups is 2. The Balaban J connectivity index is 2.47. The lowest BCUT2D eigenvalue weighted by molar-refractivity contribution is -0.132. The first-order valence-electron chi connectivity index (χ1n) is 5.04. The first kappa shape index (κ1) is 15.6. The predicted molar refractivity (Wildman–Crippen MR) is 83.7 cm³/mol. The van der Waals surface area contributed by atoms with Crippen molar-refractivity contribution in [1.29, 1.82) is 0 Å². The first-order valence-corrected chi connectivity index (χ1v) is 7.20. The molecule has 5 nitrogen and oxygen atoms in total. The highest BCUT2D eigenvalue weighted by atomic mass is 127. The van der Waals surface area contributed by atoms with Gasteiger partial charge >= 0.3 is 0 Å². The van der Waals surface area contributed by atoms with Gasteiger partial charge in [0.25, 0.3) is 5.91 Å². The molecule has 0 saturated carbocycles. The molecule has 0 aliphatic heterocycles. The smallest absolute Gasteiger partial charge is 0.262 e. The zero-order valence-electron chi connectivity index (χ0n) is 9.63. The number of hydroxylamine groups is 1. The molecular weight excluding hydrogens is 462 g/mol. The van der Waals surface area contributed by atoms with Crippen LogP contribution in [-0.4, -0.2) is 25.5 Å². The van der Waals surface area contributed by atoms with Gasteiger partial charge in [-0.2, -0.15) is 0 Å². The summed E-state index contributed by atoms with van der Waals surface area (Å²) < 4.78 is 2.17. The van der Waals surface area contributed by atoms with Crippen molar-refractivity contribution in [3.8, 4) is 0 Å². The molecule has 0 spiro atoms. The van der Waals surface area contributed by atoms with Crippen LogP contribution in [0.1, 0.15) is 5.56 Å². The molecule has 1 rings (SSSR count). The number of hydrogen-bond donors (Lipinski definition) is 2. The molecular formula is C11H12I2N2O3. The second kappa shape index (κ2) is 7.89. The molecule has 0 unspecified atom stereocenters. The van der Waals surface area contributed by atoms with Crippen molar-refractivity contribution in [2.24, 2.45) is 0 Å². The highest BCUT2D eigenvalue weighted by Crippen LogP contribution is 2.14. The van der Waals surface area contributed by atoms with Crippen LogP contribution < -0.4 is 10.8 Å². The minimum atomic E-state index is -0.386. The van der Waals surface area contributed by atoms with Gasteiger partial charge in [-0.3, -0.25) is 14.4 Å². The Bertz CT molecular complexity index is 432. The number of hydrogen-bond acceptors (Lipinski definition) is 3. The Morgan fingerprint density at radius 2 is 1.78 bits per heavy atom. The van der Waals surface area contributed by atoms with E-state index in [1.807, 2.05) is 18.2 Å². The molecule has 0 saturated heterocycles. The standard InChI is InChI=1S/C11H12I2N2O3/c1-18-15-11(17)6-14-10(16)4-7-2-8(12)5-9(13)3-7/h2-3,5H,4,6H2,1H3,(H,14,16)(H,15,17). The molecule has 1 aromatic rings. The largest absolute Gasteiger partial charge is 0.347 e. The summed E-state index contributed by atoms with van der Waals surface area (Å²) in [4.78, 5) is 27.1. The van der Waals surface area contributed by atoms with E-state index in [4.69, 9.17) is 0 Å². The van der Waals surface area contributed by atoms with Crippen LogP contribution in [0.4, 0.5) is 0 Å². The molecule has 0 radical (unpaired) electrons. The van der Waals surface area contributed by atoms with Crippen LogP contribution >= 0.6 is 45.2 Å². The number of nitrogens with one attached hydrogen (secondary N) is 2. The third-order valence-electron chi connectivity index (χ3n) is 1.95. The van der Waals surface area contributed by atoms with Gasteiger partial charge in [-0.25, -0.2) is 5.48 Å². The van der Waals surface area contributed by atoms with Crippen molar-refractivity contribution in [1.82, 2.24) is 10.8 Å². The lowest BCUT2D eigenvalue weighted by Crippen LogP contribution is -2.37. The van der Waals surface area contributed by atoms with E-state index in [0.29, 0.717) is 0 Å². The summed E-state index contributed by atoms with van der Waals surface area (Å²) in [6.45, 7) is -0.0896. The average Bonchev–Trinajstić information content (AvgIpc) is 2.25. The van der Waals surface area contributed by atoms with Gasteiger partial charge in [-0.05, 0) is 68.9 Å². The molecule has 2 amide bonds. The Kier molecular flexibility index (Phi) is 6.86. The maximum atomic E-state index is 11.6. The third-order valence-corrected chi connectivity index (χ3v) is 3.19. The lowest BCUT2D eigenvalue weighted by Gasteiger charge is -2.06. The summed E-state index contributed by atoms with van der Waals surface area (Å²) >= 11 is 4.41. The van der Waals surface area contributed by atoms with Gasteiger partial charge in [0.05, 0.1) is 20.1 Å². The fourth-order valence-electron chi connectivity index (χ4n) is 1.29. The number of rotatable bonds is 5. The lowest BCUT2D eigenvalue weighted by atomic mass is 10.1. The molecule has 0 heterocycles. The molecule has 0 fully saturated rings. The van der Waals surface area contributed by atoms with Crippen LogP contribution in [0.2, 0.25) is 0 Å². The van der Waals surface area contributed by atoms with Gasteiger partial charge in [0, 0.05) is 7.14 Å². The molecule has 0 aliphatic rings. The maximum Gasteiger partial charge on any atom is 0.262 e. The van der Waals surface area contributed by atoms with Gasteiger partial charge in [-0.1, -0.05) is 0 Å². The molecule has 0 aliphatic carbocycles. The minimum Gasteiger partial charge on any atom is -0.347 e. The van der Waals surface area contributed by atoms with E-state index in [1.165, 1.54) is 7.11 Å². The quantitative estimate of drug-likeness (QED) is 0.499. The molecule has 1 aromatic carbocycles. The van der Waals surface area contributed by atoms with E-state index in [0.717, 1.165) is 12.7 Å². The van der Waals surface area contributed by atoms with Crippen LogP contribution in [0, 0.1) is 7.14 Å². The van der Waals surface area contributed by atoms with Crippen LogP contribution in [0.5, 0.6) is 0 Å². The monoisotopic (exact) mass is 474 g/mol. The molecule has 98 valence electrons. The van der Waals surface area contributed by atoms with Gasteiger partial charge in [0.15, 0.2) is 0 Å². The summed E-state index contributed by atoms with van der Waals surface area (Å²) in [6.07, 6.45) is 0.257. The fourth-order valence-corrected chi connectivity index (χ4v) is 3.36. The number of halogens is 2. The van der Waals surface area contributed by atoms with E-state index < -0.39 is 0 Å². The van der Waals surface area contributed by atoms with Gasteiger partial charge in [0.1, 0.15) is 0 Å². The van der Waals surface area contributed by atoms with Gasteiger partial charge in [-0.15, -0.1) is 0 Å². The topological polar surface area (TPSA) is 67.4 Å². The van der Waals surface area contributed by atoms with Crippen molar-refractivity contribution in [2.45, 2.75) is 6.42 Å². The van der Waals surface area contributed by atoms with Crippen LogP contribution in [-0.2, 0) is 20.8 Å². The number of benzene rings is 1. The van der Waals surface area contributed by atoms with Crippen molar-refractivity contribution < 1.29 is 14.4 Å². The second-order valence-corrected chi connectivity index (χ2v) is 5.95. The van der Waals surface area contributed by atoms with Gasteiger partial charge < -0.3 is 5.32 Å². The Morgan fingerprint density at radius 3 is 2.33 bits per heavy atom. The highest BCUT2D eigenvalue weighted by molar-refractivity contribution is 14.1. The Morgan fingerprint density at radius 1 is 1.17 bits per heavy atom. The maximum absolute atomic E-state index is 11.6. The molecule has 0 atom stereocenters. The third kappa shape index (κ3) is 5.96.